The van der Waals surface area contributed by atoms with E-state index in [1.54, 1.807) is 38.1 Å². The molecule has 44 heavy (non-hydrogen) atoms. The van der Waals surface area contributed by atoms with Crippen molar-refractivity contribution in [3.05, 3.63) is 42.0 Å². The largest absolute Gasteiger partial charge is 0.461 e. The number of anilines is 1. The Bertz CT molecular complexity index is 1280. The number of esters is 1. The van der Waals surface area contributed by atoms with Gasteiger partial charge in [0, 0.05) is 37.3 Å². The summed E-state index contributed by atoms with van der Waals surface area (Å²) in [5.41, 5.74) is 11.4. The summed E-state index contributed by atoms with van der Waals surface area (Å²) in [6.07, 6.45) is 1.43. The molecular formula is C28H37N7O9. The monoisotopic (exact) mass is 615 g/mol. The number of rotatable bonds is 17. The molecular weight excluding hydrogens is 578 g/mol. The molecule has 238 valence electrons. The van der Waals surface area contributed by atoms with Crippen LogP contribution in [0.3, 0.4) is 0 Å². The van der Waals surface area contributed by atoms with E-state index < -0.39 is 60.0 Å². The second kappa shape index (κ2) is 17.0. The van der Waals surface area contributed by atoms with Crippen LogP contribution in [0.15, 0.2) is 36.4 Å². The first kappa shape index (κ1) is 34.9. The maximum atomic E-state index is 13.2. The van der Waals surface area contributed by atoms with Crippen molar-refractivity contribution in [1.82, 2.24) is 20.9 Å². The number of imide groups is 1. The highest BCUT2D eigenvalue weighted by molar-refractivity contribution is 6.13. The lowest BCUT2D eigenvalue weighted by Crippen LogP contribution is -2.54. The van der Waals surface area contributed by atoms with Crippen molar-refractivity contribution in [3.8, 4) is 0 Å². The van der Waals surface area contributed by atoms with Gasteiger partial charge in [-0.25, -0.2) is 4.79 Å². The summed E-state index contributed by atoms with van der Waals surface area (Å²) in [5.74, 6) is -4.99. The predicted molar refractivity (Wildman–Crippen MR) is 155 cm³/mol. The number of nitrogens with one attached hydrogen (secondary N) is 4. The van der Waals surface area contributed by atoms with Gasteiger partial charge in [0.05, 0.1) is 12.3 Å². The van der Waals surface area contributed by atoms with E-state index >= 15 is 0 Å². The van der Waals surface area contributed by atoms with E-state index in [9.17, 15) is 38.4 Å². The van der Waals surface area contributed by atoms with Crippen molar-refractivity contribution < 1.29 is 43.1 Å². The molecule has 16 heteroatoms. The average Bonchev–Trinajstić information content (AvgIpc) is 3.28. The Morgan fingerprint density at radius 3 is 2.09 bits per heavy atom. The zero-order chi connectivity index (χ0) is 32.8. The topological polar surface area (TPSA) is 249 Å². The lowest BCUT2D eigenvalue weighted by atomic mass is 10.1. The van der Waals surface area contributed by atoms with Crippen LogP contribution in [-0.4, -0.2) is 77.5 Å². The van der Waals surface area contributed by atoms with Gasteiger partial charge in [-0.2, -0.15) is 0 Å². The molecule has 0 fully saturated rings. The first-order chi connectivity index (χ1) is 20.8. The minimum atomic E-state index is -1.46. The third-order valence-corrected chi connectivity index (χ3v) is 6.20. The highest BCUT2D eigenvalue weighted by Gasteiger charge is 2.29. The van der Waals surface area contributed by atoms with Crippen LogP contribution < -0.4 is 32.7 Å². The van der Waals surface area contributed by atoms with Crippen molar-refractivity contribution >= 4 is 53.1 Å². The third-order valence-electron chi connectivity index (χ3n) is 6.20. The molecule has 1 aromatic carbocycles. The SMILES string of the molecule is CC(C)C(=O)OCc1ccc(NC(=O)[C@H](CCCNC(N)=O)NC(=O)[C@H](CC(N)=O)NC(=O)CCN2C(=O)C=CC2=O)cc1. The molecule has 0 saturated carbocycles. The minimum Gasteiger partial charge on any atom is -0.461 e. The molecule has 1 aliphatic rings. The van der Waals surface area contributed by atoms with Crippen LogP contribution in [0, 0.1) is 5.92 Å². The molecule has 0 saturated heterocycles. The number of nitrogens with zero attached hydrogens (tertiary/aromatic N) is 1. The van der Waals surface area contributed by atoms with Crippen LogP contribution in [0.4, 0.5) is 10.5 Å². The zero-order valence-electron chi connectivity index (χ0n) is 24.4. The molecule has 8 N–H and O–H groups in total. The lowest BCUT2D eigenvalue weighted by Gasteiger charge is -2.23. The van der Waals surface area contributed by atoms with Crippen molar-refractivity contribution in [1.29, 1.82) is 0 Å². The molecule has 2 rings (SSSR count). The van der Waals surface area contributed by atoms with Crippen molar-refractivity contribution in [2.45, 2.75) is 58.2 Å². The number of carbonyl (C=O) groups is 8. The number of nitrogens with two attached hydrogens (primary N) is 2. The Hall–Kier alpha value is -5.28. The average molecular weight is 616 g/mol. The molecule has 2 atom stereocenters. The van der Waals surface area contributed by atoms with E-state index in [0.29, 0.717) is 11.3 Å². The molecule has 0 radical (unpaired) electrons. The fourth-order valence-electron chi connectivity index (χ4n) is 3.84. The number of amides is 8. The Morgan fingerprint density at radius 1 is 0.886 bits per heavy atom. The molecule has 1 heterocycles. The van der Waals surface area contributed by atoms with Gasteiger partial charge in [-0.05, 0) is 30.5 Å². The van der Waals surface area contributed by atoms with Gasteiger partial charge in [0.2, 0.25) is 23.6 Å². The van der Waals surface area contributed by atoms with Gasteiger partial charge in [-0.15, -0.1) is 0 Å². The van der Waals surface area contributed by atoms with E-state index in [1.165, 1.54) is 0 Å². The van der Waals surface area contributed by atoms with Gasteiger partial charge in [0.15, 0.2) is 0 Å². The fraction of sp³-hybridized carbons (Fsp3) is 0.429. The van der Waals surface area contributed by atoms with E-state index in [4.69, 9.17) is 16.2 Å². The summed E-state index contributed by atoms with van der Waals surface area (Å²) in [6, 6.07) is 3.02. The van der Waals surface area contributed by atoms with Crippen LogP contribution in [0.5, 0.6) is 0 Å². The molecule has 1 aromatic rings. The Kier molecular flexibility index (Phi) is 13.5. The van der Waals surface area contributed by atoms with Gasteiger partial charge in [-0.3, -0.25) is 38.5 Å². The normalized spacial score (nSPS) is 13.7. The van der Waals surface area contributed by atoms with Crippen LogP contribution in [0.2, 0.25) is 0 Å². The summed E-state index contributed by atoms with van der Waals surface area (Å²) in [5, 5.41) is 9.88. The summed E-state index contributed by atoms with van der Waals surface area (Å²) >= 11 is 0. The Labute approximate surface area is 253 Å². The lowest BCUT2D eigenvalue weighted by molar-refractivity contribution is -0.148. The number of benzene rings is 1. The third kappa shape index (κ3) is 11.9. The number of hydrogen-bond donors (Lipinski definition) is 6. The molecule has 0 spiro atoms. The zero-order valence-corrected chi connectivity index (χ0v) is 24.4. The number of hydrogen-bond acceptors (Lipinski definition) is 9. The van der Waals surface area contributed by atoms with Crippen molar-refractivity contribution in [2.75, 3.05) is 18.4 Å². The molecule has 0 aromatic heterocycles. The van der Waals surface area contributed by atoms with E-state index in [2.05, 4.69) is 21.3 Å². The second-order valence-electron chi connectivity index (χ2n) is 10.1. The molecule has 0 unspecified atom stereocenters. The van der Waals surface area contributed by atoms with Crippen molar-refractivity contribution in [3.63, 3.8) is 0 Å². The number of urea groups is 1. The maximum Gasteiger partial charge on any atom is 0.312 e. The number of carbonyl (C=O) groups excluding carboxylic acids is 8. The van der Waals surface area contributed by atoms with E-state index in [1.807, 2.05) is 0 Å². The highest BCUT2D eigenvalue weighted by Crippen LogP contribution is 2.13. The smallest absolute Gasteiger partial charge is 0.312 e. The van der Waals surface area contributed by atoms with E-state index in [-0.39, 0.29) is 50.8 Å². The second-order valence-corrected chi connectivity index (χ2v) is 10.1. The Balaban J connectivity index is 2.07. The quantitative estimate of drug-likeness (QED) is 0.0708. The fourth-order valence-corrected chi connectivity index (χ4v) is 3.84. The summed E-state index contributed by atoms with van der Waals surface area (Å²) < 4.78 is 5.18. The summed E-state index contributed by atoms with van der Waals surface area (Å²) in [7, 11) is 0. The van der Waals surface area contributed by atoms with Crippen LogP contribution in [-0.2, 0) is 44.9 Å². The summed E-state index contributed by atoms with van der Waals surface area (Å²) in [4.78, 5) is 97.4. The number of primary amides is 2. The predicted octanol–water partition coefficient (Wildman–Crippen LogP) is -1.07. The van der Waals surface area contributed by atoms with Gasteiger partial charge in [0.25, 0.3) is 11.8 Å². The maximum absolute atomic E-state index is 13.2. The van der Waals surface area contributed by atoms with E-state index in [0.717, 1.165) is 17.1 Å². The molecule has 8 amide bonds. The highest BCUT2D eigenvalue weighted by atomic mass is 16.5. The summed E-state index contributed by atoms with van der Waals surface area (Å²) in [6.45, 7) is 3.32. The van der Waals surface area contributed by atoms with Crippen LogP contribution >= 0.6 is 0 Å². The van der Waals surface area contributed by atoms with Gasteiger partial charge < -0.3 is 37.5 Å². The van der Waals surface area contributed by atoms with Gasteiger partial charge in [-0.1, -0.05) is 26.0 Å². The van der Waals surface area contributed by atoms with Gasteiger partial charge in [0.1, 0.15) is 18.7 Å². The Morgan fingerprint density at radius 2 is 1.52 bits per heavy atom. The van der Waals surface area contributed by atoms with Crippen LogP contribution in [0.1, 0.15) is 45.1 Å². The molecule has 16 nitrogen and oxygen atoms in total. The van der Waals surface area contributed by atoms with Crippen LogP contribution in [0.25, 0.3) is 0 Å². The number of ether oxygens (including phenoxy) is 1. The first-order valence-electron chi connectivity index (χ1n) is 13.8. The molecule has 1 aliphatic heterocycles. The standard InChI is InChI=1S/C28H37N7O9/c1-16(2)27(42)44-15-17-5-7-18(8-6-17)32-25(40)19(4-3-12-31-28(30)43)34-26(41)20(14-21(29)36)33-22(37)11-13-35-23(38)9-10-24(35)39/h5-10,16,19-20H,3-4,11-15H2,1-2H3,(H2,29,36)(H,32,40)(H,33,37)(H,34,41)(H3,30,31,43)/t19-,20-/m0/s1. The van der Waals surface area contributed by atoms with Crippen molar-refractivity contribution in [2.24, 2.45) is 17.4 Å². The first-order valence-corrected chi connectivity index (χ1v) is 13.8. The molecule has 0 aliphatic carbocycles. The molecule has 0 bridgehead atoms. The van der Waals surface area contributed by atoms with Gasteiger partial charge >= 0.3 is 12.0 Å². The minimum absolute atomic E-state index is 0.0323.